The summed E-state index contributed by atoms with van der Waals surface area (Å²) in [6.07, 6.45) is -1.26. The molecule has 3 rings (SSSR count). The van der Waals surface area contributed by atoms with Crippen LogP contribution in [0.5, 0.6) is 5.75 Å². The molecule has 15 heteroatoms. The summed E-state index contributed by atoms with van der Waals surface area (Å²) in [6.45, 7) is 1.82. The minimum atomic E-state index is -4.02. The van der Waals surface area contributed by atoms with Crippen LogP contribution in [0.1, 0.15) is 21.5 Å². The largest absolute Gasteiger partial charge is 0.497 e. The zero-order chi connectivity index (χ0) is 30.2. The fourth-order valence-corrected chi connectivity index (χ4v) is 4.77. The predicted octanol–water partition coefficient (Wildman–Crippen LogP) is 3.97. The number of sulfonamides is 1. The molecule has 1 atom stereocenters. The molecule has 0 aliphatic rings. The number of carbonyl (C=O) groups is 2. The molecule has 5 N–H and O–H groups in total. The van der Waals surface area contributed by atoms with Crippen LogP contribution in [0, 0.1) is 6.92 Å². The van der Waals surface area contributed by atoms with E-state index in [9.17, 15) is 18.0 Å². The van der Waals surface area contributed by atoms with Gasteiger partial charge in [-0.1, -0.05) is 76.8 Å². The molecule has 3 aromatic carbocycles. The van der Waals surface area contributed by atoms with Gasteiger partial charge >= 0.3 is 0 Å². The lowest BCUT2D eigenvalue weighted by atomic mass is 10.1. The SMILES string of the molecule is COc1ccc(CC(=O)NC(NC(=S)Nc2ccccc2C(=O)NNS(=O)(=O)c2ccc(C)cc2)C(Cl)(Cl)Cl)cc1. The van der Waals surface area contributed by atoms with Crippen molar-refractivity contribution in [3.63, 3.8) is 0 Å². The molecule has 0 saturated carbocycles. The standard InChI is InChI=1S/C26H26Cl3N5O5S2/c1-16-7-13-19(14-8-16)41(37,38)34-33-23(36)20-5-3-4-6-21(20)30-25(40)32-24(26(27,28)29)31-22(35)15-17-9-11-18(39-2)12-10-17/h3-14,24,34H,15H2,1-2H3,(H,31,35)(H,33,36)(H2,30,32,40). The quantitative estimate of drug-likeness (QED) is 0.0956. The lowest BCUT2D eigenvalue weighted by Crippen LogP contribution is -2.56. The molecule has 1 unspecified atom stereocenters. The molecule has 0 spiro atoms. The van der Waals surface area contributed by atoms with Crippen LogP contribution in [0.25, 0.3) is 0 Å². The molecule has 0 saturated heterocycles. The fourth-order valence-electron chi connectivity index (χ4n) is 3.38. The number of ether oxygens (including phenoxy) is 1. The first-order valence-electron chi connectivity index (χ1n) is 11.8. The van der Waals surface area contributed by atoms with Crippen LogP contribution in [0.3, 0.4) is 0 Å². The minimum absolute atomic E-state index is 0.00931. The number of hydrazine groups is 1. The summed E-state index contributed by atoms with van der Waals surface area (Å²) in [5, 5.41) is 8.02. The van der Waals surface area contributed by atoms with Crippen molar-refractivity contribution < 1.29 is 22.7 Å². The topological polar surface area (TPSA) is 138 Å². The average molecular weight is 659 g/mol. The highest BCUT2D eigenvalue weighted by Gasteiger charge is 2.34. The number of benzene rings is 3. The van der Waals surface area contributed by atoms with Crippen LogP contribution in [0.4, 0.5) is 5.69 Å². The first-order chi connectivity index (χ1) is 19.3. The molecule has 2 amide bonds. The number of alkyl halides is 3. The smallest absolute Gasteiger partial charge is 0.268 e. The zero-order valence-corrected chi connectivity index (χ0v) is 25.6. The van der Waals surface area contributed by atoms with E-state index in [-0.39, 0.29) is 27.7 Å². The van der Waals surface area contributed by atoms with E-state index >= 15 is 0 Å². The number of hydrogen-bond acceptors (Lipinski definition) is 6. The van der Waals surface area contributed by atoms with Gasteiger partial charge in [0.05, 0.1) is 29.7 Å². The molecule has 10 nitrogen and oxygen atoms in total. The molecule has 0 aliphatic heterocycles. The van der Waals surface area contributed by atoms with Gasteiger partial charge in [-0.05, 0) is 61.1 Å². The summed E-state index contributed by atoms with van der Waals surface area (Å²) in [6, 6.07) is 19.2. The molecule has 218 valence electrons. The Kier molecular flexibility index (Phi) is 11.2. The van der Waals surface area contributed by atoms with Crippen molar-refractivity contribution in [1.82, 2.24) is 20.9 Å². The molecular formula is C26H26Cl3N5O5S2. The second-order valence-electron chi connectivity index (χ2n) is 8.58. The Balaban J connectivity index is 1.64. The number of methoxy groups -OCH3 is 1. The molecule has 0 radical (unpaired) electrons. The number of aryl methyl sites for hydroxylation is 1. The van der Waals surface area contributed by atoms with Crippen molar-refractivity contribution in [2.24, 2.45) is 0 Å². The van der Waals surface area contributed by atoms with E-state index in [1.54, 1.807) is 48.5 Å². The van der Waals surface area contributed by atoms with Crippen molar-refractivity contribution in [3.8, 4) is 5.75 Å². The summed E-state index contributed by atoms with van der Waals surface area (Å²) >= 11 is 23.6. The summed E-state index contributed by atoms with van der Waals surface area (Å²) in [7, 11) is -2.48. The van der Waals surface area contributed by atoms with Crippen LogP contribution in [-0.2, 0) is 21.2 Å². The fraction of sp³-hybridized carbons (Fsp3) is 0.192. The van der Waals surface area contributed by atoms with E-state index in [2.05, 4.69) is 26.2 Å². The van der Waals surface area contributed by atoms with Crippen molar-refractivity contribution in [2.75, 3.05) is 12.4 Å². The van der Waals surface area contributed by atoms with Crippen LogP contribution < -0.4 is 30.9 Å². The van der Waals surface area contributed by atoms with E-state index in [1.807, 2.05) is 6.92 Å². The van der Waals surface area contributed by atoms with Crippen LogP contribution in [-0.4, -0.2) is 42.4 Å². The molecule has 3 aromatic rings. The second kappa shape index (κ2) is 14.2. The van der Waals surface area contributed by atoms with Crippen LogP contribution >= 0.6 is 47.0 Å². The van der Waals surface area contributed by atoms with Gasteiger partial charge in [-0.15, -0.1) is 4.83 Å². The normalized spacial score (nSPS) is 12.1. The minimum Gasteiger partial charge on any atom is -0.497 e. The van der Waals surface area contributed by atoms with Gasteiger partial charge in [0.2, 0.25) is 9.70 Å². The van der Waals surface area contributed by atoms with Crippen molar-refractivity contribution >= 4 is 79.7 Å². The Morgan fingerprint density at radius 3 is 2.20 bits per heavy atom. The van der Waals surface area contributed by atoms with Crippen LogP contribution in [0.2, 0.25) is 0 Å². The highest BCUT2D eigenvalue weighted by Crippen LogP contribution is 2.29. The number of amides is 2. The number of para-hydroxylation sites is 1. The molecular weight excluding hydrogens is 633 g/mol. The monoisotopic (exact) mass is 657 g/mol. The third kappa shape index (κ3) is 9.73. The van der Waals surface area contributed by atoms with Gasteiger partial charge in [0.1, 0.15) is 11.9 Å². The third-order valence-electron chi connectivity index (χ3n) is 5.48. The zero-order valence-electron chi connectivity index (χ0n) is 21.7. The predicted molar refractivity (Wildman–Crippen MR) is 164 cm³/mol. The molecule has 0 heterocycles. The number of anilines is 1. The van der Waals surface area contributed by atoms with Gasteiger partial charge in [0.25, 0.3) is 15.9 Å². The van der Waals surface area contributed by atoms with E-state index in [0.717, 1.165) is 5.56 Å². The Labute approximate surface area is 258 Å². The Morgan fingerprint density at radius 1 is 0.951 bits per heavy atom. The molecule has 0 aromatic heterocycles. The number of nitrogens with one attached hydrogen (secondary N) is 5. The van der Waals surface area contributed by atoms with Crippen LogP contribution in [0.15, 0.2) is 77.7 Å². The number of thiocarbonyl (C=S) groups is 1. The lowest BCUT2D eigenvalue weighted by Gasteiger charge is -2.28. The van der Waals surface area contributed by atoms with Gasteiger partial charge in [0, 0.05) is 0 Å². The number of carbonyl (C=O) groups excluding carboxylic acids is 2. The maximum Gasteiger partial charge on any atom is 0.268 e. The average Bonchev–Trinajstić information content (AvgIpc) is 2.92. The van der Waals surface area contributed by atoms with Crippen molar-refractivity contribution in [2.45, 2.75) is 28.2 Å². The number of halogens is 3. The number of hydrogen-bond donors (Lipinski definition) is 5. The maximum absolute atomic E-state index is 12.9. The van der Waals surface area contributed by atoms with Gasteiger partial charge in [0.15, 0.2) is 5.11 Å². The summed E-state index contributed by atoms with van der Waals surface area (Å²) in [5.74, 6) is -0.580. The van der Waals surface area contributed by atoms with Crippen molar-refractivity contribution in [1.29, 1.82) is 0 Å². The Hall–Kier alpha value is -3.13. The Bertz CT molecular complexity index is 1500. The molecule has 0 fully saturated rings. The van der Waals surface area contributed by atoms with E-state index in [4.69, 9.17) is 51.8 Å². The van der Waals surface area contributed by atoms with E-state index in [1.165, 1.54) is 31.4 Å². The third-order valence-corrected chi connectivity index (χ3v) is 7.62. The number of rotatable bonds is 10. The summed E-state index contributed by atoms with van der Waals surface area (Å²) in [4.78, 5) is 27.5. The molecule has 0 bridgehead atoms. The summed E-state index contributed by atoms with van der Waals surface area (Å²) in [5.41, 5.74) is 4.02. The highest BCUT2D eigenvalue weighted by molar-refractivity contribution is 7.89. The van der Waals surface area contributed by atoms with Gasteiger partial charge in [-0.2, -0.15) is 0 Å². The second-order valence-corrected chi connectivity index (χ2v) is 13.0. The Morgan fingerprint density at radius 2 is 1.59 bits per heavy atom. The van der Waals surface area contributed by atoms with Gasteiger partial charge < -0.3 is 20.7 Å². The highest BCUT2D eigenvalue weighted by atomic mass is 35.6. The van der Waals surface area contributed by atoms with E-state index in [0.29, 0.717) is 11.3 Å². The first-order valence-corrected chi connectivity index (χ1v) is 14.9. The van der Waals surface area contributed by atoms with E-state index < -0.39 is 31.8 Å². The summed E-state index contributed by atoms with van der Waals surface area (Å²) < 4.78 is 28.2. The molecule has 41 heavy (non-hydrogen) atoms. The van der Waals surface area contributed by atoms with Gasteiger partial charge in [-0.25, -0.2) is 8.42 Å². The first kappa shape index (κ1) is 32.4. The van der Waals surface area contributed by atoms with Crippen molar-refractivity contribution in [3.05, 3.63) is 89.5 Å². The van der Waals surface area contributed by atoms with Gasteiger partial charge in [-0.3, -0.25) is 15.0 Å². The maximum atomic E-state index is 12.9. The molecule has 0 aliphatic carbocycles. The lowest BCUT2D eigenvalue weighted by molar-refractivity contribution is -0.121.